The molecule has 2 aromatic heterocycles. The maximum atomic E-state index is 11.0. The van der Waals surface area contributed by atoms with E-state index in [2.05, 4.69) is 10.3 Å². The summed E-state index contributed by atoms with van der Waals surface area (Å²) in [5.74, 6) is -0.480. The number of aromatic nitrogens is 1. The van der Waals surface area contributed by atoms with Crippen molar-refractivity contribution in [1.29, 1.82) is 0 Å². The molecular weight excluding hydrogens is 238 g/mol. The van der Waals surface area contributed by atoms with Crippen LogP contribution < -0.4 is 16.8 Å². The first-order chi connectivity index (χ1) is 8.22. The highest BCUT2D eigenvalue weighted by atomic mass is 32.1. The summed E-state index contributed by atoms with van der Waals surface area (Å²) in [5.41, 5.74) is 9.21. The van der Waals surface area contributed by atoms with E-state index in [1.165, 1.54) is 0 Å². The number of nitrogens with one attached hydrogen (secondary N) is 2. The Bertz CT molecular complexity index is 712. The van der Waals surface area contributed by atoms with Crippen molar-refractivity contribution < 1.29 is 4.42 Å². The number of hydrogen-bond donors (Lipinski definition) is 3. The Morgan fingerprint density at radius 3 is 3.06 bits per heavy atom. The zero-order chi connectivity index (χ0) is 11.8. The molecule has 0 spiro atoms. The maximum Gasteiger partial charge on any atom is 0.417 e. The molecule has 2 heterocycles. The van der Waals surface area contributed by atoms with Gasteiger partial charge in [-0.2, -0.15) is 11.3 Å². The lowest BCUT2D eigenvalue weighted by Gasteiger charge is -2.06. The van der Waals surface area contributed by atoms with Gasteiger partial charge in [-0.05, 0) is 17.5 Å². The molecule has 0 atom stereocenters. The third-order valence-electron chi connectivity index (χ3n) is 2.39. The predicted molar refractivity (Wildman–Crippen MR) is 68.8 cm³/mol. The number of H-pyrrole nitrogens is 1. The standard InChI is InChI=1S/C11H9N3O2S/c12-7-3-10-9(14-11(15)16-10)4-8(7)13-6-1-2-17-5-6/h1-5,13H,12H2,(H,14,15). The summed E-state index contributed by atoms with van der Waals surface area (Å²) in [5, 5.41) is 7.12. The van der Waals surface area contributed by atoms with Gasteiger partial charge in [0.05, 0.1) is 16.9 Å². The molecule has 0 unspecified atom stereocenters. The molecule has 0 saturated heterocycles. The number of thiophene rings is 1. The Morgan fingerprint density at radius 1 is 1.41 bits per heavy atom. The van der Waals surface area contributed by atoms with Crippen molar-refractivity contribution in [2.75, 3.05) is 11.1 Å². The fourth-order valence-electron chi connectivity index (χ4n) is 1.61. The van der Waals surface area contributed by atoms with Gasteiger partial charge in [-0.1, -0.05) is 0 Å². The number of fused-ring (bicyclic) bond motifs is 1. The van der Waals surface area contributed by atoms with Crippen molar-refractivity contribution in [2.24, 2.45) is 0 Å². The molecule has 0 radical (unpaired) electrons. The van der Waals surface area contributed by atoms with E-state index in [-0.39, 0.29) is 0 Å². The molecule has 3 rings (SSSR count). The first-order valence-corrected chi connectivity index (χ1v) is 5.88. The SMILES string of the molecule is Nc1cc2oc(=O)[nH]c2cc1Nc1ccsc1. The smallest absolute Gasteiger partial charge is 0.408 e. The summed E-state index contributed by atoms with van der Waals surface area (Å²) in [6, 6.07) is 5.33. The molecular formula is C11H9N3O2S. The number of oxazole rings is 1. The van der Waals surface area contributed by atoms with E-state index in [4.69, 9.17) is 10.2 Å². The van der Waals surface area contributed by atoms with Crippen LogP contribution in [0.4, 0.5) is 17.1 Å². The van der Waals surface area contributed by atoms with Crippen molar-refractivity contribution in [2.45, 2.75) is 0 Å². The largest absolute Gasteiger partial charge is 0.417 e. The Balaban J connectivity index is 2.09. The molecule has 17 heavy (non-hydrogen) atoms. The van der Waals surface area contributed by atoms with Gasteiger partial charge in [0.2, 0.25) is 0 Å². The number of hydrogen-bond acceptors (Lipinski definition) is 5. The number of nitrogens with two attached hydrogens (primary N) is 1. The van der Waals surface area contributed by atoms with E-state index in [1.54, 1.807) is 23.5 Å². The van der Waals surface area contributed by atoms with Gasteiger partial charge in [-0.25, -0.2) is 4.79 Å². The summed E-state index contributed by atoms with van der Waals surface area (Å²) >= 11 is 1.59. The summed E-state index contributed by atoms with van der Waals surface area (Å²) in [4.78, 5) is 13.6. The van der Waals surface area contributed by atoms with Gasteiger partial charge in [0.15, 0.2) is 5.58 Å². The lowest BCUT2D eigenvalue weighted by molar-refractivity contribution is 0.555. The lowest BCUT2D eigenvalue weighted by Crippen LogP contribution is -1.95. The molecule has 0 fully saturated rings. The molecule has 1 aromatic carbocycles. The molecule has 6 heteroatoms. The second-order valence-electron chi connectivity index (χ2n) is 3.59. The number of nitrogen functional groups attached to an aromatic ring is 1. The van der Waals surface area contributed by atoms with Crippen LogP contribution in [-0.2, 0) is 0 Å². The molecule has 4 N–H and O–H groups in total. The molecule has 5 nitrogen and oxygen atoms in total. The Morgan fingerprint density at radius 2 is 2.29 bits per heavy atom. The zero-order valence-corrected chi connectivity index (χ0v) is 9.51. The fraction of sp³-hybridized carbons (Fsp3) is 0. The van der Waals surface area contributed by atoms with E-state index < -0.39 is 5.76 Å². The van der Waals surface area contributed by atoms with Gasteiger partial charge in [0.1, 0.15) is 0 Å². The zero-order valence-electron chi connectivity index (χ0n) is 8.69. The van der Waals surface area contributed by atoms with Gasteiger partial charge < -0.3 is 15.5 Å². The molecule has 0 aliphatic heterocycles. The molecule has 0 saturated carbocycles. The molecule has 0 aliphatic rings. The lowest BCUT2D eigenvalue weighted by atomic mass is 10.2. The van der Waals surface area contributed by atoms with Crippen molar-refractivity contribution in [3.63, 3.8) is 0 Å². The van der Waals surface area contributed by atoms with Crippen LogP contribution in [0.5, 0.6) is 0 Å². The average molecular weight is 247 g/mol. The summed E-state index contributed by atoms with van der Waals surface area (Å²) in [7, 11) is 0. The van der Waals surface area contributed by atoms with Crippen LogP contribution in [0, 0.1) is 0 Å². The first-order valence-electron chi connectivity index (χ1n) is 4.94. The topological polar surface area (TPSA) is 84.0 Å². The Kier molecular flexibility index (Phi) is 2.15. The number of anilines is 3. The molecule has 86 valence electrons. The molecule has 0 aliphatic carbocycles. The number of aromatic amines is 1. The number of rotatable bonds is 2. The summed E-state index contributed by atoms with van der Waals surface area (Å²) in [6.45, 7) is 0. The molecule has 0 bridgehead atoms. The fourth-order valence-corrected chi connectivity index (χ4v) is 2.20. The van der Waals surface area contributed by atoms with Crippen LogP contribution in [0.25, 0.3) is 11.1 Å². The summed E-state index contributed by atoms with van der Waals surface area (Å²) < 4.78 is 4.92. The highest BCUT2D eigenvalue weighted by molar-refractivity contribution is 7.08. The maximum absolute atomic E-state index is 11.0. The summed E-state index contributed by atoms with van der Waals surface area (Å²) in [6.07, 6.45) is 0. The van der Waals surface area contributed by atoms with Crippen molar-refractivity contribution in [1.82, 2.24) is 4.98 Å². The highest BCUT2D eigenvalue weighted by Gasteiger charge is 2.07. The van der Waals surface area contributed by atoms with E-state index in [0.717, 1.165) is 11.4 Å². The van der Waals surface area contributed by atoms with Crippen molar-refractivity contribution in [3.05, 3.63) is 39.5 Å². The van der Waals surface area contributed by atoms with Crippen molar-refractivity contribution >= 4 is 39.5 Å². The van der Waals surface area contributed by atoms with E-state index >= 15 is 0 Å². The third kappa shape index (κ3) is 1.78. The normalized spacial score (nSPS) is 10.8. The van der Waals surface area contributed by atoms with E-state index in [1.807, 2.05) is 16.8 Å². The predicted octanol–water partition coefficient (Wildman–Crippen LogP) is 2.51. The highest BCUT2D eigenvalue weighted by Crippen LogP contribution is 2.28. The van der Waals surface area contributed by atoms with Gasteiger partial charge in [-0.15, -0.1) is 0 Å². The van der Waals surface area contributed by atoms with Gasteiger partial charge in [0.25, 0.3) is 0 Å². The minimum absolute atomic E-state index is 0.461. The quantitative estimate of drug-likeness (QED) is 0.607. The minimum atomic E-state index is -0.480. The van der Waals surface area contributed by atoms with Crippen LogP contribution in [0.1, 0.15) is 0 Å². The van der Waals surface area contributed by atoms with Gasteiger partial charge in [0, 0.05) is 17.1 Å². The van der Waals surface area contributed by atoms with Crippen LogP contribution in [-0.4, -0.2) is 4.98 Å². The van der Waals surface area contributed by atoms with E-state index in [9.17, 15) is 4.79 Å². The van der Waals surface area contributed by atoms with Crippen LogP contribution in [0.3, 0.4) is 0 Å². The average Bonchev–Trinajstić information content (AvgIpc) is 2.87. The minimum Gasteiger partial charge on any atom is -0.408 e. The number of benzene rings is 1. The first kappa shape index (κ1) is 9.98. The van der Waals surface area contributed by atoms with Gasteiger partial charge >= 0.3 is 5.76 Å². The molecule has 3 aromatic rings. The Hall–Kier alpha value is -2.21. The second-order valence-corrected chi connectivity index (χ2v) is 4.37. The monoisotopic (exact) mass is 247 g/mol. The van der Waals surface area contributed by atoms with Crippen LogP contribution in [0.2, 0.25) is 0 Å². The van der Waals surface area contributed by atoms with Crippen LogP contribution in [0.15, 0.2) is 38.2 Å². The second kappa shape index (κ2) is 3.67. The van der Waals surface area contributed by atoms with Gasteiger partial charge in [-0.3, -0.25) is 4.98 Å². The third-order valence-corrected chi connectivity index (χ3v) is 3.07. The van der Waals surface area contributed by atoms with Crippen molar-refractivity contribution in [3.8, 4) is 0 Å². The Labute approximate surface area is 99.9 Å². The molecule has 0 amide bonds. The van der Waals surface area contributed by atoms with Crippen LogP contribution >= 0.6 is 11.3 Å². The van der Waals surface area contributed by atoms with E-state index in [0.29, 0.717) is 16.8 Å².